The van der Waals surface area contributed by atoms with Crippen LogP contribution in [0.25, 0.3) is 0 Å². The number of hydrogen-bond acceptors (Lipinski definition) is 7. The fraction of sp³-hybridized carbons (Fsp3) is 0.700. The molecule has 10 nitrogen and oxygen atoms in total. The molecular weight excluding hydrogens is 304 g/mol. The maximum Gasteiger partial charge on any atom is 0.418 e. The average molecular weight is 316 g/mol. The van der Waals surface area contributed by atoms with Gasteiger partial charge in [0.15, 0.2) is 0 Å². The molecule has 1 aliphatic carbocycles. The van der Waals surface area contributed by atoms with E-state index in [4.69, 9.17) is 8.97 Å². The van der Waals surface area contributed by atoms with Crippen molar-refractivity contribution in [2.45, 2.75) is 31.3 Å². The van der Waals surface area contributed by atoms with Crippen molar-refractivity contribution in [1.82, 2.24) is 20.2 Å². The van der Waals surface area contributed by atoms with Crippen LogP contribution in [-0.4, -0.2) is 51.7 Å². The molecule has 2 amide bonds. The van der Waals surface area contributed by atoms with Crippen LogP contribution in [0.15, 0.2) is 10.8 Å². The summed E-state index contributed by atoms with van der Waals surface area (Å²) >= 11 is 0. The first-order valence-corrected chi connectivity index (χ1v) is 7.79. The SMILES string of the molecule is O=C1N2C[C@H](N1OS(=O)(=O)O)C1(CC1)C[C@H]2c1nnco1. The molecular formula is C10H12N4O6S. The van der Waals surface area contributed by atoms with Crippen molar-refractivity contribution in [2.24, 2.45) is 5.41 Å². The van der Waals surface area contributed by atoms with Gasteiger partial charge in [0.25, 0.3) is 0 Å². The second-order valence-electron chi connectivity index (χ2n) is 5.64. The number of fused-ring (bicyclic) bond motifs is 3. The van der Waals surface area contributed by atoms with Crippen molar-refractivity contribution in [2.75, 3.05) is 6.54 Å². The largest absolute Gasteiger partial charge is 0.426 e. The number of amides is 2. The smallest absolute Gasteiger partial charge is 0.418 e. The lowest BCUT2D eigenvalue weighted by Crippen LogP contribution is -2.43. The van der Waals surface area contributed by atoms with E-state index in [0.717, 1.165) is 17.9 Å². The standard InChI is InChI=1S/C10H12N4O6S/c15-9-13-4-7(14(9)20-21(16,17)18)10(1-2-10)3-6(13)8-12-11-5-19-8/h5-7H,1-4H2,(H,16,17,18)/t6-,7-/m0/s1. The third-order valence-corrected chi connectivity index (χ3v) is 4.85. The quantitative estimate of drug-likeness (QED) is 0.780. The summed E-state index contributed by atoms with van der Waals surface area (Å²) < 4.78 is 40.4. The molecule has 2 atom stereocenters. The Morgan fingerprint density at radius 2 is 2.24 bits per heavy atom. The molecule has 2 saturated heterocycles. The molecule has 0 aromatic carbocycles. The van der Waals surface area contributed by atoms with Gasteiger partial charge in [0.1, 0.15) is 6.04 Å². The molecule has 0 radical (unpaired) electrons. The highest BCUT2D eigenvalue weighted by Crippen LogP contribution is 2.61. The molecule has 11 heteroatoms. The topological polar surface area (TPSA) is 126 Å². The van der Waals surface area contributed by atoms with Gasteiger partial charge in [-0.2, -0.15) is 13.5 Å². The monoisotopic (exact) mass is 316 g/mol. The number of aromatic nitrogens is 2. The van der Waals surface area contributed by atoms with Gasteiger partial charge in [-0.1, -0.05) is 0 Å². The van der Waals surface area contributed by atoms with Crippen LogP contribution in [0.3, 0.4) is 0 Å². The summed E-state index contributed by atoms with van der Waals surface area (Å²) in [4.78, 5) is 13.8. The first kappa shape index (κ1) is 13.0. The Morgan fingerprint density at radius 3 is 2.81 bits per heavy atom. The van der Waals surface area contributed by atoms with E-state index in [1.54, 1.807) is 0 Å². The Bertz CT molecular complexity index is 684. The maximum absolute atomic E-state index is 12.3. The summed E-state index contributed by atoms with van der Waals surface area (Å²) in [7, 11) is -4.75. The van der Waals surface area contributed by atoms with Crippen LogP contribution in [0.2, 0.25) is 0 Å². The fourth-order valence-corrected chi connectivity index (χ4v) is 3.73. The van der Waals surface area contributed by atoms with Crippen molar-refractivity contribution in [3.05, 3.63) is 12.3 Å². The van der Waals surface area contributed by atoms with Crippen molar-refractivity contribution in [3.8, 4) is 0 Å². The highest BCUT2D eigenvalue weighted by Gasteiger charge is 2.64. The fourth-order valence-electron chi connectivity index (χ4n) is 3.36. The van der Waals surface area contributed by atoms with Gasteiger partial charge >= 0.3 is 16.4 Å². The van der Waals surface area contributed by atoms with Crippen molar-refractivity contribution >= 4 is 16.4 Å². The average Bonchev–Trinajstić information content (AvgIpc) is 2.87. The van der Waals surface area contributed by atoms with Crippen molar-refractivity contribution < 1.29 is 26.5 Å². The summed E-state index contributed by atoms with van der Waals surface area (Å²) in [5.41, 5.74) is -0.216. The third kappa shape index (κ3) is 1.92. The van der Waals surface area contributed by atoms with Crippen molar-refractivity contribution in [3.63, 3.8) is 0 Å². The zero-order chi connectivity index (χ0) is 14.8. The van der Waals surface area contributed by atoms with Gasteiger partial charge in [-0.25, -0.2) is 4.79 Å². The Hall–Kier alpha value is -1.72. The van der Waals surface area contributed by atoms with Crippen LogP contribution in [0.1, 0.15) is 31.2 Å². The van der Waals surface area contributed by atoms with E-state index in [2.05, 4.69) is 14.5 Å². The molecule has 3 fully saturated rings. The van der Waals surface area contributed by atoms with E-state index in [9.17, 15) is 13.2 Å². The number of hydroxylamine groups is 2. The second kappa shape index (κ2) is 3.93. The Labute approximate surface area is 119 Å². The van der Waals surface area contributed by atoms with Gasteiger partial charge in [-0.05, 0) is 24.7 Å². The number of carbonyl (C=O) groups is 1. The highest BCUT2D eigenvalue weighted by molar-refractivity contribution is 7.80. The molecule has 3 aliphatic rings. The lowest BCUT2D eigenvalue weighted by atomic mass is 9.85. The molecule has 1 saturated carbocycles. The summed E-state index contributed by atoms with van der Waals surface area (Å²) in [5.74, 6) is 0.321. The summed E-state index contributed by atoms with van der Waals surface area (Å²) in [6.45, 7) is 0.307. The molecule has 1 aromatic heterocycles. The van der Waals surface area contributed by atoms with E-state index in [1.807, 2.05) is 0 Å². The zero-order valence-corrected chi connectivity index (χ0v) is 11.6. The number of hydrogen-bond donors (Lipinski definition) is 1. The van der Waals surface area contributed by atoms with Crippen LogP contribution in [-0.2, 0) is 14.7 Å². The lowest BCUT2D eigenvalue weighted by Gasteiger charge is -2.34. The predicted molar refractivity (Wildman–Crippen MR) is 63.7 cm³/mol. The number of rotatable bonds is 3. The molecule has 2 bridgehead atoms. The van der Waals surface area contributed by atoms with Gasteiger partial charge < -0.3 is 9.32 Å². The van der Waals surface area contributed by atoms with Crippen LogP contribution < -0.4 is 0 Å². The van der Waals surface area contributed by atoms with Gasteiger partial charge in [0, 0.05) is 6.54 Å². The molecule has 21 heavy (non-hydrogen) atoms. The Balaban J connectivity index is 1.70. The second-order valence-corrected chi connectivity index (χ2v) is 6.64. The molecule has 0 unspecified atom stereocenters. The summed E-state index contributed by atoms with van der Waals surface area (Å²) in [5, 5.41) is 8.23. The third-order valence-electron chi connectivity index (χ3n) is 4.50. The molecule has 2 aliphatic heterocycles. The van der Waals surface area contributed by atoms with E-state index < -0.39 is 28.5 Å². The van der Waals surface area contributed by atoms with E-state index in [1.165, 1.54) is 11.3 Å². The minimum atomic E-state index is -4.75. The van der Waals surface area contributed by atoms with E-state index in [-0.39, 0.29) is 5.41 Å². The van der Waals surface area contributed by atoms with Gasteiger partial charge in [-0.3, -0.25) is 4.55 Å². The van der Waals surface area contributed by atoms with Crippen LogP contribution in [0.4, 0.5) is 4.79 Å². The first-order chi connectivity index (χ1) is 9.90. The van der Waals surface area contributed by atoms with Crippen LogP contribution in [0, 0.1) is 5.41 Å². The molecule has 114 valence electrons. The molecule has 1 N–H and O–H groups in total. The van der Waals surface area contributed by atoms with Crippen molar-refractivity contribution in [1.29, 1.82) is 0 Å². The van der Waals surface area contributed by atoms with E-state index in [0.29, 0.717) is 18.9 Å². The Morgan fingerprint density at radius 1 is 1.48 bits per heavy atom. The summed E-state index contributed by atoms with van der Waals surface area (Å²) in [6.07, 6.45) is 3.51. The predicted octanol–water partition coefficient (Wildman–Crippen LogP) is 0.135. The lowest BCUT2D eigenvalue weighted by molar-refractivity contribution is -0.0529. The van der Waals surface area contributed by atoms with Gasteiger partial charge in [0.05, 0.1) is 6.04 Å². The molecule has 1 aromatic rings. The normalized spacial score (nSPS) is 30.2. The Kier molecular flexibility index (Phi) is 2.43. The number of urea groups is 1. The minimum absolute atomic E-state index is 0.216. The first-order valence-electron chi connectivity index (χ1n) is 6.43. The summed E-state index contributed by atoms with van der Waals surface area (Å²) in [6, 6.07) is -1.41. The minimum Gasteiger partial charge on any atom is -0.426 e. The molecule has 4 rings (SSSR count). The number of piperidine rings is 1. The maximum atomic E-state index is 12.3. The molecule has 1 spiro atoms. The number of nitrogens with zero attached hydrogens (tertiary/aromatic N) is 4. The van der Waals surface area contributed by atoms with Crippen LogP contribution in [0.5, 0.6) is 0 Å². The number of carbonyl (C=O) groups excluding carboxylic acids is 1. The van der Waals surface area contributed by atoms with Gasteiger partial charge in [0.2, 0.25) is 12.3 Å². The van der Waals surface area contributed by atoms with Gasteiger partial charge in [-0.15, -0.1) is 14.5 Å². The van der Waals surface area contributed by atoms with Crippen LogP contribution >= 0.6 is 0 Å². The highest BCUT2D eigenvalue weighted by atomic mass is 32.3. The molecule has 3 heterocycles. The zero-order valence-electron chi connectivity index (χ0n) is 10.7. The van der Waals surface area contributed by atoms with E-state index >= 15 is 0 Å².